The lowest BCUT2D eigenvalue weighted by Gasteiger charge is -2.05. The van der Waals surface area contributed by atoms with Crippen LogP contribution in [0.5, 0.6) is 0 Å². The SMILES string of the molecule is Cc1nc(C2=CC(CCc3ccc(F)cc3)C=C2)sc1C(=O)NCCc1cccnc1. The summed E-state index contributed by atoms with van der Waals surface area (Å²) >= 11 is 1.43. The molecule has 1 aromatic carbocycles. The van der Waals surface area contributed by atoms with Crippen LogP contribution in [0.4, 0.5) is 4.39 Å². The van der Waals surface area contributed by atoms with Crippen molar-refractivity contribution in [3.05, 3.63) is 99.5 Å². The molecule has 0 fully saturated rings. The van der Waals surface area contributed by atoms with Gasteiger partial charge in [0.2, 0.25) is 0 Å². The highest BCUT2D eigenvalue weighted by Crippen LogP contribution is 2.31. The maximum absolute atomic E-state index is 13.0. The first-order chi connectivity index (χ1) is 15.1. The normalized spacial score (nSPS) is 15.2. The molecule has 2 heterocycles. The van der Waals surface area contributed by atoms with Crippen molar-refractivity contribution in [1.29, 1.82) is 0 Å². The number of pyridine rings is 1. The fourth-order valence-corrected chi connectivity index (χ4v) is 4.54. The molecule has 0 saturated carbocycles. The van der Waals surface area contributed by atoms with Crippen molar-refractivity contribution in [1.82, 2.24) is 15.3 Å². The number of hydrogen-bond acceptors (Lipinski definition) is 4. The summed E-state index contributed by atoms with van der Waals surface area (Å²) in [6.45, 7) is 2.44. The Kier molecular flexibility index (Phi) is 6.67. The Morgan fingerprint density at radius 3 is 2.77 bits per heavy atom. The number of carbonyl (C=O) groups excluding carboxylic acids is 1. The second kappa shape index (κ2) is 9.79. The van der Waals surface area contributed by atoms with Crippen LogP contribution in [0.25, 0.3) is 5.57 Å². The minimum absolute atomic E-state index is 0.0828. The zero-order valence-corrected chi connectivity index (χ0v) is 18.2. The Bertz CT molecular complexity index is 1100. The molecule has 158 valence electrons. The summed E-state index contributed by atoms with van der Waals surface area (Å²) in [4.78, 5) is 22.0. The van der Waals surface area contributed by atoms with Gasteiger partial charge in [0.15, 0.2) is 0 Å². The number of rotatable bonds is 8. The van der Waals surface area contributed by atoms with E-state index >= 15 is 0 Å². The number of allylic oxidation sites excluding steroid dienone is 4. The standard InChI is InChI=1S/C25H24FN3OS/c1-17-23(24(30)28-14-12-20-3-2-13-27-16-20)31-25(29-17)21-9-6-19(15-21)5-4-18-7-10-22(26)11-8-18/h2-3,6-11,13,15-16,19H,4-5,12,14H2,1H3,(H,28,30). The molecule has 1 amide bonds. The first kappa shape index (κ1) is 21.1. The number of aryl methyl sites for hydroxylation is 2. The van der Waals surface area contributed by atoms with E-state index in [1.54, 1.807) is 6.20 Å². The monoisotopic (exact) mass is 433 g/mol. The maximum Gasteiger partial charge on any atom is 0.263 e. The molecule has 1 atom stereocenters. The molecule has 2 aromatic heterocycles. The minimum Gasteiger partial charge on any atom is -0.351 e. The van der Waals surface area contributed by atoms with Crippen LogP contribution in [0.15, 0.2) is 67.0 Å². The van der Waals surface area contributed by atoms with E-state index in [0.717, 1.165) is 46.7 Å². The molecule has 4 nitrogen and oxygen atoms in total. The molecule has 0 spiro atoms. The fraction of sp³-hybridized carbons (Fsp3) is 0.240. The van der Waals surface area contributed by atoms with E-state index in [1.165, 1.54) is 23.5 Å². The van der Waals surface area contributed by atoms with Gasteiger partial charge in [-0.3, -0.25) is 9.78 Å². The summed E-state index contributed by atoms with van der Waals surface area (Å²) in [6, 6.07) is 10.6. The Labute approximate surface area is 185 Å². The quantitative estimate of drug-likeness (QED) is 0.534. The van der Waals surface area contributed by atoms with E-state index < -0.39 is 0 Å². The molecule has 1 unspecified atom stereocenters. The number of halogens is 1. The van der Waals surface area contributed by atoms with Crippen molar-refractivity contribution in [3.63, 3.8) is 0 Å². The fourth-order valence-electron chi connectivity index (χ4n) is 3.55. The van der Waals surface area contributed by atoms with Gasteiger partial charge in [0, 0.05) is 24.5 Å². The van der Waals surface area contributed by atoms with Crippen molar-refractivity contribution in [3.8, 4) is 0 Å². The zero-order chi connectivity index (χ0) is 21.6. The average molecular weight is 434 g/mol. The van der Waals surface area contributed by atoms with Crippen LogP contribution < -0.4 is 5.32 Å². The van der Waals surface area contributed by atoms with Gasteiger partial charge in [-0.05, 0) is 61.4 Å². The van der Waals surface area contributed by atoms with Crippen molar-refractivity contribution < 1.29 is 9.18 Å². The summed E-state index contributed by atoms with van der Waals surface area (Å²) in [5.41, 5.74) is 4.04. The third kappa shape index (κ3) is 5.52. The molecule has 1 N–H and O–H groups in total. The van der Waals surface area contributed by atoms with Crippen LogP contribution in [-0.2, 0) is 12.8 Å². The van der Waals surface area contributed by atoms with Gasteiger partial charge in [-0.1, -0.05) is 36.4 Å². The summed E-state index contributed by atoms with van der Waals surface area (Å²) in [6.07, 6.45) is 12.6. The number of thiazole rings is 1. The second-order valence-electron chi connectivity index (χ2n) is 7.61. The van der Waals surface area contributed by atoms with E-state index in [0.29, 0.717) is 17.3 Å². The number of nitrogens with one attached hydrogen (secondary N) is 1. The smallest absolute Gasteiger partial charge is 0.263 e. The predicted molar refractivity (Wildman–Crippen MR) is 122 cm³/mol. The third-order valence-corrected chi connectivity index (χ3v) is 6.47. The van der Waals surface area contributed by atoms with E-state index in [4.69, 9.17) is 0 Å². The highest BCUT2D eigenvalue weighted by atomic mass is 32.1. The molecule has 0 radical (unpaired) electrons. The average Bonchev–Trinajstić information content (AvgIpc) is 3.41. The molecule has 3 aromatic rings. The van der Waals surface area contributed by atoms with E-state index in [2.05, 4.69) is 33.5 Å². The number of benzene rings is 1. The highest BCUT2D eigenvalue weighted by Gasteiger charge is 2.19. The Morgan fingerprint density at radius 2 is 2.00 bits per heavy atom. The first-order valence-electron chi connectivity index (χ1n) is 10.4. The predicted octanol–water partition coefficient (Wildman–Crippen LogP) is 5.16. The highest BCUT2D eigenvalue weighted by molar-refractivity contribution is 7.14. The van der Waals surface area contributed by atoms with Gasteiger partial charge in [0.05, 0.1) is 5.69 Å². The van der Waals surface area contributed by atoms with E-state index in [-0.39, 0.29) is 11.7 Å². The van der Waals surface area contributed by atoms with Crippen LogP contribution in [0.1, 0.15) is 37.9 Å². The Morgan fingerprint density at radius 1 is 1.16 bits per heavy atom. The van der Waals surface area contributed by atoms with Gasteiger partial charge >= 0.3 is 0 Å². The van der Waals surface area contributed by atoms with Gasteiger partial charge in [-0.15, -0.1) is 11.3 Å². The van der Waals surface area contributed by atoms with E-state index in [9.17, 15) is 9.18 Å². The van der Waals surface area contributed by atoms with Crippen LogP contribution in [0.3, 0.4) is 0 Å². The summed E-state index contributed by atoms with van der Waals surface area (Å²) in [7, 11) is 0. The number of hydrogen-bond donors (Lipinski definition) is 1. The Hall–Kier alpha value is -3.12. The molecule has 0 saturated heterocycles. The van der Waals surface area contributed by atoms with Crippen LogP contribution in [0.2, 0.25) is 0 Å². The molecule has 1 aliphatic carbocycles. The van der Waals surface area contributed by atoms with Crippen molar-refractivity contribution in [2.75, 3.05) is 6.54 Å². The topological polar surface area (TPSA) is 54.9 Å². The van der Waals surface area contributed by atoms with Crippen LogP contribution in [-0.4, -0.2) is 22.4 Å². The summed E-state index contributed by atoms with van der Waals surface area (Å²) in [5, 5.41) is 3.85. The summed E-state index contributed by atoms with van der Waals surface area (Å²) < 4.78 is 13.0. The van der Waals surface area contributed by atoms with Gasteiger partial charge in [0.25, 0.3) is 5.91 Å². The second-order valence-corrected chi connectivity index (χ2v) is 8.61. The van der Waals surface area contributed by atoms with E-state index in [1.807, 2.05) is 37.4 Å². The number of nitrogens with zero attached hydrogens (tertiary/aromatic N) is 2. The molecular formula is C25H24FN3OS. The lowest BCUT2D eigenvalue weighted by Crippen LogP contribution is -2.25. The molecule has 31 heavy (non-hydrogen) atoms. The number of aromatic nitrogens is 2. The van der Waals surface area contributed by atoms with Gasteiger partial charge < -0.3 is 5.32 Å². The van der Waals surface area contributed by atoms with Crippen LogP contribution in [0, 0.1) is 18.7 Å². The van der Waals surface area contributed by atoms with Gasteiger partial charge in [-0.2, -0.15) is 0 Å². The maximum atomic E-state index is 13.0. The summed E-state index contributed by atoms with van der Waals surface area (Å²) in [5.74, 6) is 0.0318. The first-order valence-corrected chi connectivity index (χ1v) is 11.2. The largest absolute Gasteiger partial charge is 0.351 e. The zero-order valence-electron chi connectivity index (χ0n) is 17.3. The molecule has 4 rings (SSSR count). The molecule has 0 bridgehead atoms. The van der Waals surface area contributed by atoms with Crippen molar-refractivity contribution >= 4 is 22.8 Å². The lowest BCUT2D eigenvalue weighted by atomic mass is 10.0. The molecule has 1 aliphatic rings. The third-order valence-electron chi connectivity index (χ3n) is 5.27. The molecule has 0 aliphatic heterocycles. The Balaban J connectivity index is 1.33. The lowest BCUT2D eigenvalue weighted by molar-refractivity contribution is 0.0957. The number of carbonyl (C=O) groups is 1. The number of amides is 1. The van der Waals surface area contributed by atoms with Gasteiger partial charge in [-0.25, -0.2) is 9.37 Å². The van der Waals surface area contributed by atoms with Gasteiger partial charge in [0.1, 0.15) is 15.7 Å². The molecular weight excluding hydrogens is 409 g/mol. The van der Waals surface area contributed by atoms with Crippen molar-refractivity contribution in [2.24, 2.45) is 5.92 Å². The van der Waals surface area contributed by atoms with Crippen LogP contribution >= 0.6 is 11.3 Å². The van der Waals surface area contributed by atoms with Crippen molar-refractivity contribution in [2.45, 2.75) is 26.2 Å². The minimum atomic E-state index is -0.206. The molecule has 6 heteroatoms.